The van der Waals surface area contributed by atoms with Gasteiger partial charge in [-0.3, -0.25) is 4.79 Å². The van der Waals surface area contributed by atoms with Crippen LogP contribution in [-0.2, 0) is 11.3 Å². The first-order chi connectivity index (χ1) is 9.70. The minimum absolute atomic E-state index is 0.0427. The Hall–Kier alpha value is -1.07. The van der Waals surface area contributed by atoms with Gasteiger partial charge in [0, 0.05) is 18.6 Å². The van der Waals surface area contributed by atoms with E-state index in [9.17, 15) is 4.79 Å². The molecule has 108 valence electrons. The van der Waals surface area contributed by atoms with Crippen LogP contribution < -0.4 is 15.4 Å². The molecule has 0 unspecified atom stereocenters. The Balaban J connectivity index is 1.48. The fourth-order valence-electron chi connectivity index (χ4n) is 1.96. The number of halogens is 1. The number of nitrogens with one attached hydrogen (secondary N) is 2. The van der Waals surface area contributed by atoms with Crippen molar-refractivity contribution < 1.29 is 9.53 Å². The lowest BCUT2D eigenvalue weighted by molar-refractivity contribution is -0.123. The molecule has 2 aliphatic carbocycles. The maximum Gasteiger partial charge on any atom is 0.258 e. The van der Waals surface area contributed by atoms with E-state index in [2.05, 4.69) is 26.6 Å². The van der Waals surface area contributed by atoms with Crippen molar-refractivity contribution in [2.45, 2.75) is 44.3 Å². The minimum Gasteiger partial charge on any atom is -0.483 e. The molecule has 0 heterocycles. The quantitative estimate of drug-likeness (QED) is 0.802. The topological polar surface area (TPSA) is 50.4 Å². The number of ether oxygens (including phenoxy) is 1. The Morgan fingerprint density at radius 2 is 2.00 bits per heavy atom. The number of hydrogen-bond acceptors (Lipinski definition) is 3. The number of hydrogen-bond donors (Lipinski definition) is 2. The van der Waals surface area contributed by atoms with Crippen LogP contribution in [0.15, 0.2) is 22.7 Å². The van der Waals surface area contributed by atoms with Gasteiger partial charge in [0.1, 0.15) is 5.75 Å². The molecule has 4 nitrogen and oxygen atoms in total. The van der Waals surface area contributed by atoms with Gasteiger partial charge >= 0.3 is 0 Å². The van der Waals surface area contributed by atoms with Crippen LogP contribution in [0.2, 0.25) is 0 Å². The highest BCUT2D eigenvalue weighted by molar-refractivity contribution is 9.10. The van der Waals surface area contributed by atoms with Crippen molar-refractivity contribution in [1.82, 2.24) is 10.6 Å². The minimum atomic E-state index is -0.0427. The summed E-state index contributed by atoms with van der Waals surface area (Å²) < 4.78 is 6.44. The second-order valence-electron chi connectivity index (χ2n) is 5.55. The summed E-state index contributed by atoms with van der Waals surface area (Å²) >= 11 is 3.50. The average molecular weight is 339 g/mol. The van der Waals surface area contributed by atoms with Gasteiger partial charge in [0.2, 0.25) is 0 Å². The van der Waals surface area contributed by atoms with E-state index in [-0.39, 0.29) is 12.5 Å². The SMILES string of the molecule is O=C(COc1ccc(CNC2CC2)cc1Br)NC1CC1. The lowest BCUT2D eigenvalue weighted by atomic mass is 10.2. The van der Waals surface area contributed by atoms with Crippen LogP contribution in [0.25, 0.3) is 0 Å². The van der Waals surface area contributed by atoms with E-state index >= 15 is 0 Å². The molecule has 2 N–H and O–H groups in total. The van der Waals surface area contributed by atoms with Crippen LogP contribution in [0, 0.1) is 0 Å². The molecule has 2 aliphatic rings. The van der Waals surface area contributed by atoms with Crippen molar-refractivity contribution >= 4 is 21.8 Å². The Morgan fingerprint density at radius 3 is 2.65 bits per heavy atom. The van der Waals surface area contributed by atoms with Crippen LogP contribution in [0.3, 0.4) is 0 Å². The van der Waals surface area contributed by atoms with Gasteiger partial charge in [0.25, 0.3) is 5.91 Å². The van der Waals surface area contributed by atoms with Crippen LogP contribution in [0.1, 0.15) is 31.2 Å². The van der Waals surface area contributed by atoms with Gasteiger partial charge in [-0.15, -0.1) is 0 Å². The summed E-state index contributed by atoms with van der Waals surface area (Å²) in [6.07, 6.45) is 4.77. The van der Waals surface area contributed by atoms with Gasteiger partial charge < -0.3 is 15.4 Å². The lowest BCUT2D eigenvalue weighted by Crippen LogP contribution is -2.30. The monoisotopic (exact) mass is 338 g/mol. The zero-order valence-corrected chi connectivity index (χ0v) is 12.9. The molecule has 0 aliphatic heterocycles. The van der Waals surface area contributed by atoms with E-state index in [1.165, 1.54) is 18.4 Å². The number of carbonyl (C=O) groups excluding carboxylic acids is 1. The average Bonchev–Trinajstić information content (AvgIpc) is 3.30. The summed E-state index contributed by atoms with van der Waals surface area (Å²) in [7, 11) is 0. The third-order valence-electron chi connectivity index (χ3n) is 3.47. The van der Waals surface area contributed by atoms with E-state index in [0.29, 0.717) is 17.8 Å². The first-order valence-corrected chi connectivity index (χ1v) is 7.94. The summed E-state index contributed by atoms with van der Waals surface area (Å²) in [5.74, 6) is 0.671. The lowest BCUT2D eigenvalue weighted by Gasteiger charge is -2.10. The summed E-state index contributed by atoms with van der Waals surface area (Å²) in [5, 5.41) is 6.38. The Kier molecular flexibility index (Phi) is 4.27. The van der Waals surface area contributed by atoms with Crippen molar-refractivity contribution in [2.24, 2.45) is 0 Å². The summed E-state index contributed by atoms with van der Waals surface area (Å²) in [6, 6.07) is 7.08. The maximum absolute atomic E-state index is 11.6. The predicted octanol–water partition coefficient (Wildman–Crippen LogP) is 2.36. The normalized spacial score (nSPS) is 17.9. The van der Waals surface area contributed by atoms with Gasteiger partial charge in [0.15, 0.2) is 6.61 Å². The van der Waals surface area contributed by atoms with Crippen molar-refractivity contribution in [2.75, 3.05) is 6.61 Å². The van der Waals surface area contributed by atoms with Crippen molar-refractivity contribution in [1.29, 1.82) is 0 Å². The molecule has 3 rings (SSSR count). The molecule has 0 atom stereocenters. The van der Waals surface area contributed by atoms with E-state index < -0.39 is 0 Å². The molecule has 5 heteroatoms. The summed E-state index contributed by atoms with van der Waals surface area (Å²) in [5.41, 5.74) is 1.22. The molecule has 1 aromatic carbocycles. The second kappa shape index (κ2) is 6.14. The van der Waals surface area contributed by atoms with Gasteiger partial charge in [-0.2, -0.15) is 0 Å². The molecular weight excluding hydrogens is 320 g/mol. The van der Waals surface area contributed by atoms with E-state index in [4.69, 9.17) is 4.74 Å². The first-order valence-electron chi connectivity index (χ1n) is 7.14. The standard InChI is InChI=1S/C15H19BrN2O2/c16-13-7-10(8-17-11-2-3-11)1-6-14(13)20-9-15(19)18-12-4-5-12/h1,6-7,11-12,17H,2-5,8-9H2,(H,18,19). The smallest absolute Gasteiger partial charge is 0.258 e. The van der Waals surface area contributed by atoms with E-state index in [1.54, 1.807) is 0 Å². The molecule has 0 aromatic heterocycles. The highest BCUT2D eigenvalue weighted by Gasteiger charge is 2.23. The van der Waals surface area contributed by atoms with Gasteiger partial charge in [-0.25, -0.2) is 0 Å². The number of carbonyl (C=O) groups is 1. The first kappa shape index (κ1) is 13.9. The Bertz CT molecular complexity index is 499. The fraction of sp³-hybridized carbons (Fsp3) is 0.533. The summed E-state index contributed by atoms with van der Waals surface area (Å²) in [6.45, 7) is 0.959. The largest absolute Gasteiger partial charge is 0.483 e. The van der Waals surface area contributed by atoms with Crippen molar-refractivity contribution in [3.05, 3.63) is 28.2 Å². The maximum atomic E-state index is 11.6. The van der Waals surface area contributed by atoms with Crippen molar-refractivity contribution in [3.8, 4) is 5.75 Å². The predicted molar refractivity (Wildman–Crippen MR) is 80.7 cm³/mol. The number of rotatable bonds is 7. The molecule has 0 radical (unpaired) electrons. The van der Waals surface area contributed by atoms with Gasteiger partial charge in [-0.05, 0) is 59.3 Å². The van der Waals surface area contributed by atoms with E-state index in [1.807, 2.05) is 18.2 Å². The zero-order chi connectivity index (χ0) is 13.9. The molecule has 1 aromatic rings. The Labute approximate surface area is 127 Å². The Morgan fingerprint density at radius 1 is 1.25 bits per heavy atom. The molecule has 1 amide bonds. The van der Waals surface area contributed by atoms with Crippen molar-refractivity contribution in [3.63, 3.8) is 0 Å². The van der Waals surface area contributed by atoms with Crippen LogP contribution in [0.4, 0.5) is 0 Å². The van der Waals surface area contributed by atoms with Gasteiger partial charge in [-0.1, -0.05) is 6.07 Å². The fourth-order valence-corrected chi connectivity index (χ4v) is 2.50. The molecule has 20 heavy (non-hydrogen) atoms. The van der Waals surface area contributed by atoms with Crippen LogP contribution in [-0.4, -0.2) is 24.6 Å². The highest BCUT2D eigenvalue weighted by atomic mass is 79.9. The molecule has 0 spiro atoms. The molecule has 0 saturated heterocycles. The third kappa shape index (κ3) is 4.21. The van der Waals surface area contributed by atoms with E-state index in [0.717, 1.165) is 23.9 Å². The number of benzene rings is 1. The molecule has 2 saturated carbocycles. The molecule has 0 bridgehead atoms. The third-order valence-corrected chi connectivity index (χ3v) is 4.09. The summed E-state index contributed by atoms with van der Waals surface area (Å²) in [4.78, 5) is 11.6. The number of amides is 1. The van der Waals surface area contributed by atoms with Crippen LogP contribution >= 0.6 is 15.9 Å². The molecule has 2 fully saturated rings. The second-order valence-corrected chi connectivity index (χ2v) is 6.40. The molecular formula is C15H19BrN2O2. The van der Waals surface area contributed by atoms with Crippen LogP contribution in [0.5, 0.6) is 5.75 Å². The highest BCUT2D eigenvalue weighted by Crippen LogP contribution is 2.27. The zero-order valence-electron chi connectivity index (χ0n) is 11.3. The van der Waals surface area contributed by atoms with Gasteiger partial charge in [0.05, 0.1) is 4.47 Å².